The molecule has 1 heterocycles. The van der Waals surface area contributed by atoms with Gasteiger partial charge in [-0.15, -0.1) is 0 Å². The van der Waals surface area contributed by atoms with Gasteiger partial charge >= 0.3 is 0 Å². The average Bonchev–Trinajstić information content (AvgIpc) is 3.01. The number of amides is 1. The summed E-state index contributed by atoms with van der Waals surface area (Å²) in [6, 6.07) is 30.8. The van der Waals surface area contributed by atoms with E-state index in [1.54, 1.807) is 36.4 Å². The molecule has 0 aromatic heterocycles. The van der Waals surface area contributed by atoms with E-state index in [0.717, 1.165) is 16.7 Å². The number of nitrogens with one attached hydrogen (secondary N) is 1. The lowest BCUT2D eigenvalue weighted by atomic mass is 9.99. The molecule has 1 aliphatic heterocycles. The summed E-state index contributed by atoms with van der Waals surface area (Å²) in [5, 5.41) is 32.9. The third-order valence-corrected chi connectivity index (χ3v) is 7.35. The van der Waals surface area contributed by atoms with Crippen LogP contribution in [0.3, 0.4) is 0 Å². The summed E-state index contributed by atoms with van der Waals surface area (Å²) < 4.78 is 12.9. The standard InChI is InChI=1S/C34H36N2O6/c1-36(21-31(39)27-8-5-9-29(38)18-27)20-30-19-32(24-12-10-23(22-37)11-13-24)42-34(41-30)26-14-16-28(17-15-26)35-33(40)25-6-3-2-4-7-25/h2-18,30-32,34,37-39H,19-22H2,1H3,(H,35,40)/t30-,31+,32+,34+/m0/s1. The molecule has 4 N–H and O–H groups in total. The van der Waals surface area contributed by atoms with E-state index in [1.165, 1.54) is 0 Å². The van der Waals surface area contributed by atoms with Crippen LogP contribution in [0.4, 0.5) is 5.69 Å². The lowest BCUT2D eigenvalue weighted by Crippen LogP contribution is -2.39. The second kappa shape index (κ2) is 13.7. The molecule has 218 valence electrons. The van der Waals surface area contributed by atoms with E-state index >= 15 is 0 Å². The number of hydrogen-bond donors (Lipinski definition) is 4. The van der Waals surface area contributed by atoms with Gasteiger partial charge in [0.25, 0.3) is 5.91 Å². The number of anilines is 1. The molecule has 1 amide bonds. The third kappa shape index (κ3) is 7.61. The third-order valence-electron chi connectivity index (χ3n) is 7.35. The van der Waals surface area contributed by atoms with Crippen LogP contribution in [0.2, 0.25) is 0 Å². The summed E-state index contributed by atoms with van der Waals surface area (Å²) in [7, 11) is 1.93. The summed E-state index contributed by atoms with van der Waals surface area (Å²) in [5.41, 5.74) is 4.52. The zero-order valence-electron chi connectivity index (χ0n) is 23.5. The van der Waals surface area contributed by atoms with E-state index in [-0.39, 0.29) is 30.5 Å². The first-order valence-electron chi connectivity index (χ1n) is 14.0. The molecule has 0 bridgehead atoms. The van der Waals surface area contributed by atoms with Gasteiger partial charge in [-0.3, -0.25) is 4.79 Å². The molecule has 42 heavy (non-hydrogen) atoms. The van der Waals surface area contributed by atoms with Gasteiger partial charge in [0, 0.05) is 36.3 Å². The van der Waals surface area contributed by atoms with Gasteiger partial charge in [-0.05, 0) is 60.1 Å². The van der Waals surface area contributed by atoms with Gasteiger partial charge in [-0.25, -0.2) is 0 Å². The first-order valence-corrected chi connectivity index (χ1v) is 14.0. The number of rotatable bonds is 10. The van der Waals surface area contributed by atoms with Crippen LogP contribution in [0.25, 0.3) is 0 Å². The number of carbonyl (C=O) groups excluding carboxylic acids is 1. The van der Waals surface area contributed by atoms with E-state index in [1.807, 2.05) is 78.7 Å². The highest BCUT2D eigenvalue weighted by Gasteiger charge is 2.33. The quantitative estimate of drug-likeness (QED) is 0.204. The molecule has 4 atom stereocenters. The number of aliphatic hydroxyl groups is 2. The van der Waals surface area contributed by atoms with Gasteiger partial charge < -0.3 is 35.0 Å². The Bertz CT molecular complexity index is 1450. The van der Waals surface area contributed by atoms with Crippen molar-refractivity contribution >= 4 is 11.6 Å². The number of aromatic hydroxyl groups is 1. The van der Waals surface area contributed by atoms with Crippen molar-refractivity contribution in [3.8, 4) is 5.75 Å². The smallest absolute Gasteiger partial charge is 0.255 e. The molecule has 1 fully saturated rings. The Hall–Kier alpha value is -4.05. The van der Waals surface area contributed by atoms with E-state index in [9.17, 15) is 20.1 Å². The Kier molecular flexibility index (Phi) is 9.63. The Morgan fingerprint density at radius 3 is 2.33 bits per heavy atom. The molecule has 8 heteroatoms. The largest absolute Gasteiger partial charge is 0.508 e. The highest BCUT2D eigenvalue weighted by Crippen LogP contribution is 2.38. The summed E-state index contributed by atoms with van der Waals surface area (Å²) in [4.78, 5) is 14.6. The molecule has 4 aromatic rings. The molecule has 0 saturated carbocycles. The molecule has 5 rings (SSSR count). The number of phenolic OH excluding ortho intramolecular Hbond substituents is 1. The normalized spacial score (nSPS) is 19.4. The van der Waals surface area contributed by atoms with Gasteiger partial charge in [0.15, 0.2) is 6.29 Å². The monoisotopic (exact) mass is 568 g/mol. The summed E-state index contributed by atoms with van der Waals surface area (Å²) >= 11 is 0. The van der Waals surface area contributed by atoms with E-state index in [4.69, 9.17) is 9.47 Å². The number of benzene rings is 4. The second-order valence-corrected chi connectivity index (χ2v) is 10.6. The zero-order valence-corrected chi connectivity index (χ0v) is 23.5. The summed E-state index contributed by atoms with van der Waals surface area (Å²) in [6.07, 6.45) is -1.26. The highest BCUT2D eigenvalue weighted by atomic mass is 16.7. The van der Waals surface area contributed by atoms with Crippen LogP contribution in [-0.4, -0.2) is 52.4 Å². The van der Waals surface area contributed by atoms with Gasteiger partial charge in [0.1, 0.15) is 5.75 Å². The van der Waals surface area contributed by atoms with Crippen molar-refractivity contribution in [2.45, 2.75) is 37.6 Å². The fraction of sp³-hybridized carbons (Fsp3) is 0.265. The van der Waals surface area contributed by atoms with Gasteiger partial charge in [-0.2, -0.15) is 0 Å². The molecule has 0 unspecified atom stereocenters. The van der Waals surface area contributed by atoms with Crippen LogP contribution >= 0.6 is 0 Å². The second-order valence-electron chi connectivity index (χ2n) is 10.6. The molecular formula is C34H36N2O6. The van der Waals surface area contributed by atoms with E-state index in [2.05, 4.69) is 5.32 Å². The van der Waals surface area contributed by atoms with Crippen LogP contribution in [0.5, 0.6) is 5.75 Å². The summed E-state index contributed by atoms with van der Waals surface area (Å²) in [5.74, 6) is -0.0681. The van der Waals surface area contributed by atoms with Gasteiger partial charge in [0.05, 0.1) is 24.9 Å². The van der Waals surface area contributed by atoms with Crippen molar-refractivity contribution in [2.75, 3.05) is 25.5 Å². The Balaban J connectivity index is 1.29. The maximum absolute atomic E-state index is 12.6. The van der Waals surface area contributed by atoms with Crippen molar-refractivity contribution in [3.05, 3.63) is 131 Å². The molecule has 8 nitrogen and oxygen atoms in total. The maximum atomic E-state index is 12.6. The topological polar surface area (TPSA) is 111 Å². The average molecular weight is 569 g/mol. The predicted molar refractivity (Wildman–Crippen MR) is 160 cm³/mol. The maximum Gasteiger partial charge on any atom is 0.255 e. The summed E-state index contributed by atoms with van der Waals surface area (Å²) in [6.45, 7) is 0.881. The van der Waals surface area contributed by atoms with Crippen LogP contribution in [0.15, 0.2) is 103 Å². The van der Waals surface area contributed by atoms with Crippen molar-refractivity contribution < 1.29 is 29.6 Å². The lowest BCUT2D eigenvalue weighted by Gasteiger charge is -2.38. The van der Waals surface area contributed by atoms with Crippen molar-refractivity contribution in [1.29, 1.82) is 0 Å². The predicted octanol–water partition coefficient (Wildman–Crippen LogP) is 5.35. The lowest BCUT2D eigenvalue weighted by molar-refractivity contribution is -0.252. The van der Waals surface area contributed by atoms with Gasteiger partial charge in [-0.1, -0.05) is 66.7 Å². The molecular weight excluding hydrogens is 532 g/mol. The number of aliphatic hydroxyl groups excluding tert-OH is 2. The SMILES string of the molecule is CN(C[C@@H]1C[C@H](c2ccc(CO)cc2)O[C@H](c2ccc(NC(=O)c3ccccc3)cc2)O1)C[C@@H](O)c1cccc(O)c1. The fourth-order valence-corrected chi connectivity index (χ4v) is 5.10. The number of likely N-dealkylation sites (N-methyl/N-ethyl adjacent to an activating group) is 1. The minimum atomic E-state index is -0.766. The number of phenols is 1. The number of nitrogens with zero attached hydrogens (tertiary/aromatic N) is 1. The highest BCUT2D eigenvalue weighted by molar-refractivity contribution is 6.04. The molecule has 0 spiro atoms. The van der Waals surface area contributed by atoms with Crippen LogP contribution in [-0.2, 0) is 16.1 Å². The number of ether oxygens (including phenoxy) is 2. The van der Waals surface area contributed by atoms with E-state index in [0.29, 0.717) is 36.3 Å². The van der Waals surface area contributed by atoms with Gasteiger partial charge in [0.2, 0.25) is 0 Å². The van der Waals surface area contributed by atoms with Crippen LogP contribution in [0, 0.1) is 0 Å². The van der Waals surface area contributed by atoms with E-state index < -0.39 is 12.4 Å². The van der Waals surface area contributed by atoms with Crippen molar-refractivity contribution in [1.82, 2.24) is 4.90 Å². The Morgan fingerprint density at radius 1 is 0.929 bits per heavy atom. The molecule has 4 aromatic carbocycles. The zero-order chi connectivity index (χ0) is 29.5. The molecule has 0 radical (unpaired) electrons. The first-order chi connectivity index (χ1) is 20.4. The number of hydrogen-bond acceptors (Lipinski definition) is 7. The van der Waals surface area contributed by atoms with Crippen LogP contribution in [0.1, 0.15) is 57.5 Å². The molecule has 1 saturated heterocycles. The van der Waals surface area contributed by atoms with Crippen LogP contribution < -0.4 is 5.32 Å². The minimum absolute atomic E-state index is 0.0281. The molecule has 1 aliphatic rings. The molecule has 0 aliphatic carbocycles. The Labute approximate surface area is 245 Å². The van der Waals surface area contributed by atoms with Crippen molar-refractivity contribution in [3.63, 3.8) is 0 Å². The minimum Gasteiger partial charge on any atom is -0.508 e. The first kappa shape index (κ1) is 29.4. The fourth-order valence-electron chi connectivity index (χ4n) is 5.10. The van der Waals surface area contributed by atoms with Crippen molar-refractivity contribution in [2.24, 2.45) is 0 Å². The Morgan fingerprint density at radius 2 is 1.64 bits per heavy atom. The number of carbonyl (C=O) groups is 1.